The van der Waals surface area contributed by atoms with Gasteiger partial charge in [-0.25, -0.2) is 4.98 Å². The number of H-pyrrole nitrogens is 1. The molecule has 2 heterocycles. The van der Waals surface area contributed by atoms with Crippen LogP contribution in [0.4, 0.5) is 5.82 Å². The number of carbonyl (C=O) groups excluding carboxylic acids is 1. The summed E-state index contributed by atoms with van der Waals surface area (Å²) in [6.07, 6.45) is 5.35. The van der Waals surface area contributed by atoms with Crippen molar-refractivity contribution in [3.63, 3.8) is 0 Å². The van der Waals surface area contributed by atoms with Crippen LogP contribution >= 0.6 is 11.8 Å². The number of ether oxygens (including phenoxy) is 2. The van der Waals surface area contributed by atoms with Gasteiger partial charge in [-0.1, -0.05) is 17.7 Å². The van der Waals surface area contributed by atoms with Crippen LogP contribution in [0, 0.1) is 12.3 Å². The molecule has 0 radical (unpaired) electrons. The van der Waals surface area contributed by atoms with Gasteiger partial charge in [-0.05, 0) is 18.2 Å². The fourth-order valence-corrected chi connectivity index (χ4v) is 3.45. The molecule has 0 fully saturated rings. The second-order valence-electron chi connectivity index (χ2n) is 5.54. The van der Waals surface area contributed by atoms with Crippen LogP contribution < -0.4 is 20.3 Å². The minimum atomic E-state index is -0.494. The molecule has 1 amide bonds. The van der Waals surface area contributed by atoms with Crippen molar-refractivity contribution in [1.29, 1.82) is 0 Å². The van der Waals surface area contributed by atoms with E-state index in [0.29, 0.717) is 33.5 Å². The van der Waals surface area contributed by atoms with Gasteiger partial charge in [0.05, 0.1) is 25.5 Å². The largest absolute Gasteiger partial charge is 0.497 e. The predicted molar refractivity (Wildman–Crippen MR) is 99.1 cm³/mol. The molecule has 134 valence electrons. The molecule has 0 saturated carbocycles. The molecule has 0 unspecified atom stereocenters. The molecule has 1 aliphatic heterocycles. The van der Waals surface area contributed by atoms with E-state index in [1.54, 1.807) is 25.3 Å². The molecule has 1 aromatic heterocycles. The van der Waals surface area contributed by atoms with Crippen LogP contribution in [0.1, 0.15) is 23.5 Å². The van der Waals surface area contributed by atoms with Crippen molar-refractivity contribution in [1.82, 2.24) is 9.97 Å². The summed E-state index contributed by atoms with van der Waals surface area (Å²) in [5.74, 6) is 3.55. The smallest absolute Gasteiger partial charge is 0.257 e. The molecule has 8 heteroatoms. The molecule has 3 rings (SSSR count). The average molecular weight is 371 g/mol. The van der Waals surface area contributed by atoms with Gasteiger partial charge in [-0.3, -0.25) is 9.59 Å². The lowest BCUT2D eigenvalue weighted by Crippen LogP contribution is -2.31. The molecule has 0 bridgehead atoms. The number of nitrogens with one attached hydrogen (secondary N) is 2. The average Bonchev–Trinajstić information content (AvgIpc) is 2.64. The number of fused-ring (bicyclic) bond motifs is 1. The molecule has 7 nitrogen and oxygen atoms in total. The third-order valence-corrected chi connectivity index (χ3v) is 4.81. The van der Waals surface area contributed by atoms with E-state index >= 15 is 0 Å². The Bertz CT molecular complexity index is 948. The minimum Gasteiger partial charge on any atom is -0.497 e. The molecule has 2 N–H and O–H groups in total. The number of nitrogens with zero attached hydrogens (tertiary/aromatic N) is 1. The molecule has 2 aromatic rings. The van der Waals surface area contributed by atoms with Crippen molar-refractivity contribution in [2.24, 2.45) is 0 Å². The number of carbonyl (C=O) groups is 1. The summed E-state index contributed by atoms with van der Waals surface area (Å²) >= 11 is 1.22. The number of hydrogen-bond donors (Lipinski definition) is 2. The van der Waals surface area contributed by atoms with E-state index in [2.05, 4.69) is 21.2 Å². The van der Waals surface area contributed by atoms with Gasteiger partial charge in [0.15, 0.2) is 5.16 Å². The van der Waals surface area contributed by atoms with Gasteiger partial charge in [-0.2, -0.15) is 0 Å². The molecule has 26 heavy (non-hydrogen) atoms. The Balaban J connectivity index is 2.14. The highest BCUT2D eigenvalue weighted by Gasteiger charge is 2.33. The first-order valence-electron chi connectivity index (χ1n) is 7.79. The number of methoxy groups -OCH3 is 2. The highest BCUT2D eigenvalue weighted by molar-refractivity contribution is 7.99. The highest BCUT2D eigenvalue weighted by Crippen LogP contribution is 2.40. The Morgan fingerprint density at radius 2 is 2.15 bits per heavy atom. The fourth-order valence-electron chi connectivity index (χ4n) is 2.91. The third kappa shape index (κ3) is 3.39. The van der Waals surface area contributed by atoms with Crippen LogP contribution in [0.25, 0.3) is 0 Å². The van der Waals surface area contributed by atoms with Gasteiger partial charge in [0.25, 0.3) is 5.56 Å². The van der Waals surface area contributed by atoms with E-state index in [9.17, 15) is 9.59 Å². The van der Waals surface area contributed by atoms with E-state index in [1.807, 2.05) is 0 Å². The Kier molecular flexibility index (Phi) is 5.19. The van der Waals surface area contributed by atoms with E-state index < -0.39 is 5.92 Å². The van der Waals surface area contributed by atoms with Crippen molar-refractivity contribution in [3.8, 4) is 23.8 Å². The number of thioether (sulfide) groups is 1. The first-order chi connectivity index (χ1) is 12.6. The van der Waals surface area contributed by atoms with Crippen LogP contribution in [0.15, 0.2) is 28.2 Å². The van der Waals surface area contributed by atoms with Crippen LogP contribution in [0.3, 0.4) is 0 Å². The summed E-state index contributed by atoms with van der Waals surface area (Å²) in [7, 11) is 3.09. The second kappa shape index (κ2) is 7.54. The zero-order valence-corrected chi connectivity index (χ0v) is 15.1. The number of hydrogen-bond acceptors (Lipinski definition) is 6. The maximum atomic E-state index is 12.7. The van der Waals surface area contributed by atoms with Gasteiger partial charge >= 0.3 is 0 Å². The van der Waals surface area contributed by atoms with Crippen molar-refractivity contribution >= 4 is 23.5 Å². The summed E-state index contributed by atoms with van der Waals surface area (Å²) < 4.78 is 10.7. The molecular formula is C18H17N3O4S. The zero-order valence-electron chi connectivity index (χ0n) is 14.3. The van der Waals surface area contributed by atoms with Crippen molar-refractivity contribution in [3.05, 3.63) is 39.7 Å². The van der Waals surface area contributed by atoms with Crippen LogP contribution in [-0.4, -0.2) is 35.8 Å². The summed E-state index contributed by atoms with van der Waals surface area (Å²) in [6, 6.07) is 5.28. The third-order valence-electron chi connectivity index (χ3n) is 4.03. The number of terminal acetylenes is 1. The molecule has 0 spiro atoms. The summed E-state index contributed by atoms with van der Waals surface area (Å²) in [5.41, 5.74) is 0.768. The van der Waals surface area contributed by atoms with E-state index in [-0.39, 0.29) is 23.7 Å². The normalized spacial score (nSPS) is 15.6. The van der Waals surface area contributed by atoms with E-state index in [1.165, 1.54) is 18.9 Å². The van der Waals surface area contributed by atoms with Crippen molar-refractivity contribution < 1.29 is 14.3 Å². The molecule has 1 atom stereocenters. The van der Waals surface area contributed by atoms with Gasteiger partial charge in [0.2, 0.25) is 5.91 Å². The van der Waals surface area contributed by atoms with Crippen LogP contribution in [-0.2, 0) is 4.79 Å². The number of aromatic amines is 1. The highest BCUT2D eigenvalue weighted by atomic mass is 32.2. The minimum absolute atomic E-state index is 0.109. The molecule has 1 aromatic carbocycles. The number of aromatic nitrogens is 2. The maximum absolute atomic E-state index is 12.7. The zero-order chi connectivity index (χ0) is 18.7. The van der Waals surface area contributed by atoms with Gasteiger partial charge in [0, 0.05) is 17.9 Å². The van der Waals surface area contributed by atoms with Gasteiger partial charge in [0.1, 0.15) is 17.3 Å². The number of benzene rings is 1. The monoisotopic (exact) mass is 371 g/mol. The first-order valence-corrected chi connectivity index (χ1v) is 8.78. The molecule has 1 aliphatic rings. The Morgan fingerprint density at radius 3 is 2.85 bits per heavy atom. The van der Waals surface area contributed by atoms with Gasteiger partial charge < -0.3 is 19.8 Å². The van der Waals surface area contributed by atoms with Gasteiger partial charge in [-0.15, -0.1) is 6.42 Å². The lowest BCUT2D eigenvalue weighted by Gasteiger charge is -2.26. The van der Waals surface area contributed by atoms with E-state index in [0.717, 1.165) is 0 Å². The standard InChI is InChI=1S/C18H17N3O4S/c1-4-7-26-18-20-16-15(17(23)21-18)12(9-14(22)19-16)11-8-10(24-2)5-6-13(11)25-3/h1,5-6,8,12H,7,9H2,2-3H3,(H2,19,20,21,22,23)/t12-/m1/s1. The molecular weight excluding hydrogens is 354 g/mol. The van der Waals surface area contributed by atoms with Crippen molar-refractivity contribution in [2.45, 2.75) is 17.5 Å². The van der Waals surface area contributed by atoms with Crippen molar-refractivity contribution in [2.75, 3.05) is 25.3 Å². The topological polar surface area (TPSA) is 93.3 Å². The van der Waals surface area contributed by atoms with Crippen LogP contribution in [0.2, 0.25) is 0 Å². The predicted octanol–water partition coefficient (Wildman–Crippen LogP) is 1.99. The SMILES string of the molecule is C#CCSc1nc2c(c(=O)[nH]1)[C@@H](c1cc(OC)ccc1OC)CC(=O)N2. The van der Waals surface area contributed by atoms with E-state index in [4.69, 9.17) is 15.9 Å². The molecule has 0 saturated heterocycles. The summed E-state index contributed by atoms with van der Waals surface area (Å²) in [4.78, 5) is 32.0. The lowest BCUT2D eigenvalue weighted by molar-refractivity contribution is -0.116. The quantitative estimate of drug-likeness (QED) is 0.474. The first kappa shape index (κ1) is 17.9. The number of rotatable bonds is 5. The lowest BCUT2D eigenvalue weighted by atomic mass is 9.86. The number of amides is 1. The summed E-state index contributed by atoms with van der Waals surface area (Å²) in [6.45, 7) is 0. The Morgan fingerprint density at radius 1 is 1.35 bits per heavy atom. The molecule has 0 aliphatic carbocycles. The summed E-state index contributed by atoms with van der Waals surface area (Å²) in [5, 5.41) is 3.04. The Hall–Kier alpha value is -2.92. The number of anilines is 1. The second-order valence-corrected chi connectivity index (χ2v) is 6.50. The maximum Gasteiger partial charge on any atom is 0.257 e. The fraction of sp³-hybridized carbons (Fsp3) is 0.278. The Labute approximate surface area is 154 Å². The van der Waals surface area contributed by atoms with Crippen LogP contribution in [0.5, 0.6) is 11.5 Å².